The predicted octanol–water partition coefficient (Wildman–Crippen LogP) is 4.36. The highest BCUT2D eigenvalue weighted by molar-refractivity contribution is 5.74. The number of methoxy groups -OCH3 is 1. The molecule has 3 atom stereocenters. The first-order chi connectivity index (χ1) is 22.2. The molecule has 1 aromatic carbocycles. The van der Waals surface area contributed by atoms with E-state index in [-0.39, 0.29) is 42.0 Å². The van der Waals surface area contributed by atoms with Crippen LogP contribution in [0.3, 0.4) is 0 Å². The Morgan fingerprint density at radius 1 is 1.15 bits per heavy atom. The number of ether oxygens (including phenoxy) is 3. The highest BCUT2D eigenvalue weighted by Crippen LogP contribution is 2.33. The Morgan fingerprint density at radius 2 is 1.91 bits per heavy atom. The molecule has 46 heavy (non-hydrogen) atoms. The first-order valence-corrected chi connectivity index (χ1v) is 15.3. The van der Waals surface area contributed by atoms with Gasteiger partial charge >= 0.3 is 6.09 Å². The van der Waals surface area contributed by atoms with Crippen LogP contribution in [0.2, 0.25) is 0 Å². The molecule has 2 saturated heterocycles. The molecule has 3 aromatic heterocycles. The zero-order valence-corrected chi connectivity index (χ0v) is 26.0. The molecule has 0 aliphatic carbocycles. The van der Waals surface area contributed by atoms with E-state index in [1.54, 1.807) is 42.7 Å². The molecule has 12 nitrogen and oxygen atoms in total. The lowest BCUT2D eigenvalue weighted by Gasteiger charge is -2.45. The monoisotopic (exact) mass is 636 g/mol. The number of rotatable bonds is 8. The Morgan fingerprint density at radius 3 is 2.63 bits per heavy atom. The van der Waals surface area contributed by atoms with E-state index >= 15 is 8.78 Å². The fraction of sp³-hybridized carbons (Fsp3) is 0.438. The number of benzene rings is 1. The van der Waals surface area contributed by atoms with E-state index in [9.17, 15) is 4.79 Å². The average molecular weight is 637 g/mol. The van der Waals surface area contributed by atoms with E-state index in [0.29, 0.717) is 49.0 Å². The molecule has 3 unspecified atom stereocenters. The molecule has 4 aromatic rings. The van der Waals surface area contributed by atoms with Gasteiger partial charge in [-0.1, -0.05) is 6.92 Å². The molecule has 2 aliphatic rings. The largest absolute Gasteiger partial charge is 0.453 e. The first-order valence-electron chi connectivity index (χ1n) is 15.3. The number of nitrogens with zero attached hydrogens (tertiary/aromatic N) is 6. The molecule has 0 radical (unpaired) electrons. The van der Waals surface area contributed by atoms with E-state index in [4.69, 9.17) is 19.9 Å². The molecule has 0 bridgehead atoms. The van der Waals surface area contributed by atoms with Crippen molar-refractivity contribution in [3.8, 4) is 11.3 Å². The van der Waals surface area contributed by atoms with Crippen molar-refractivity contribution in [2.24, 2.45) is 11.7 Å². The van der Waals surface area contributed by atoms with Crippen LogP contribution in [-0.4, -0.2) is 89.2 Å². The van der Waals surface area contributed by atoms with E-state index in [2.05, 4.69) is 25.3 Å². The number of amides is 1. The third kappa shape index (κ3) is 6.46. The average Bonchev–Trinajstić information content (AvgIpc) is 3.45. The van der Waals surface area contributed by atoms with Gasteiger partial charge in [-0.25, -0.2) is 18.6 Å². The number of anilines is 3. The number of piperidine rings is 1. The second-order valence-electron chi connectivity index (χ2n) is 11.8. The van der Waals surface area contributed by atoms with Crippen molar-refractivity contribution in [2.45, 2.75) is 44.6 Å². The van der Waals surface area contributed by atoms with Crippen molar-refractivity contribution < 1.29 is 27.8 Å². The van der Waals surface area contributed by atoms with Gasteiger partial charge in [-0.2, -0.15) is 9.61 Å². The maximum Gasteiger partial charge on any atom is 0.409 e. The molecular weight excluding hydrogens is 598 g/mol. The minimum Gasteiger partial charge on any atom is -0.453 e. The van der Waals surface area contributed by atoms with Crippen molar-refractivity contribution >= 4 is 28.9 Å². The molecule has 3 N–H and O–H groups in total. The van der Waals surface area contributed by atoms with Crippen LogP contribution in [0.4, 0.5) is 30.9 Å². The Bertz CT molecular complexity index is 1660. The van der Waals surface area contributed by atoms with E-state index in [0.717, 1.165) is 18.5 Å². The molecule has 5 heterocycles. The molecule has 2 aliphatic heterocycles. The van der Waals surface area contributed by atoms with Gasteiger partial charge in [-0.3, -0.25) is 4.98 Å². The van der Waals surface area contributed by atoms with Crippen molar-refractivity contribution in [3.05, 3.63) is 66.1 Å². The van der Waals surface area contributed by atoms with Crippen LogP contribution in [0, 0.1) is 17.6 Å². The zero-order chi connectivity index (χ0) is 32.4. The fourth-order valence-electron chi connectivity index (χ4n) is 6.44. The van der Waals surface area contributed by atoms with Gasteiger partial charge in [0.05, 0.1) is 66.4 Å². The SMILES string of the molecule is COC(=O)N(C)C1C(C)CN(c2ccncc2Nc2ncc3ccc(-c4c(F)cc(COC5CCOCC5)cc4F)nn23)CC1N. The number of nitrogens with two attached hydrogens (primary N) is 1. The lowest BCUT2D eigenvalue weighted by Crippen LogP contribution is -2.62. The maximum atomic E-state index is 15.4. The Kier molecular flexibility index (Phi) is 9.29. The lowest BCUT2D eigenvalue weighted by molar-refractivity contribution is -0.0391. The quantitative estimate of drug-likeness (QED) is 0.288. The van der Waals surface area contributed by atoms with Crippen molar-refractivity contribution in [1.82, 2.24) is 24.5 Å². The molecule has 0 spiro atoms. The van der Waals surface area contributed by atoms with Crippen molar-refractivity contribution in [3.63, 3.8) is 0 Å². The van der Waals surface area contributed by atoms with Crippen LogP contribution < -0.4 is 16.0 Å². The third-order valence-electron chi connectivity index (χ3n) is 8.65. The number of fused-ring (bicyclic) bond motifs is 1. The van der Waals surface area contributed by atoms with Gasteiger partial charge in [-0.05, 0) is 54.7 Å². The summed E-state index contributed by atoms with van der Waals surface area (Å²) in [5, 5.41) is 7.85. The van der Waals surface area contributed by atoms with Crippen molar-refractivity contribution in [2.75, 3.05) is 50.7 Å². The summed E-state index contributed by atoms with van der Waals surface area (Å²) in [5.41, 5.74) is 8.98. The van der Waals surface area contributed by atoms with E-state index < -0.39 is 17.7 Å². The minimum absolute atomic E-state index is 0.0105. The smallest absolute Gasteiger partial charge is 0.409 e. The number of aromatic nitrogens is 4. The summed E-state index contributed by atoms with van der Waals surface area (Å²) in [7, 11) is 3.05. The topological polar surface area (TPSA) is 132 Å². The lowest BCUT2D eigenvalue weighted by atomic mass is 9.89. The normalized spacial score (nSPS) is 20.6. The molecule has 2 fully saturated rings. The summed E-state index contributed by atoms with van der Waals surface area (Å²) in [4.78, 5) is 24.7. The van der Waals surface area contributed by atoms with Crippen LogP contribution in [0.5, 0.6) is 0 Å². The Balaban J connectivity index is 1.22. The number of hydrogen-bond acceptors (Lipinski definition) is 10. The molecule has 244 valence electrons. The Labute approximate surface area is 265 Å². The van der Waals surface area contributed by atoms with Gasteiger partial charge in [0.1, 0.15) is 11.6 Å². The zero-order valence-electron chi connectivity index (χ0n) is 26.0. The van der Waals surface area contributed by atoms with Crippen LogP contribution in [0.1, 0.15) is 25.3 Å². The van der Waals surface area contributed by atoms with E-state index in [1.807, 2.05) is 13.0 Å². The molecule has 1 amide bonds. The second-order valence-corrected chi connectivity index (χ2v) is 11.8. The fourth-order valence-corrected chi connectivity index (χ4v) is 6.44. The van der Waals surface area contributed by atoms with Crippen LogP contribution >= 0.6 is 0 Å². The van der Waals surface area contributed by atoms with Gasteiger partial charge in [-0.15, -0.1) is 0 Å². The van der Waals surface area contributed by atoms with Gasteiger partial charge in [0.2, 0.25) is 5.95 Å². The van der Waals surface area contributed by atoms with Crippen LogP contribution in [0.15, 0.2) is 48.9 Å². The number of imidazole rings is 1. The number of halogens is 2. The van der Waals surface area contributed by atoms with Gasteiger partial charge in [0, 0.05) is 45.6 Å². The number of nitrogens with one attached hydrogen (secondary N) is 1. The Hall–Kier alpha value is -4.40. The predicted molar refractivity (Wildman–Crippen MR) is 168 cm³/mol. The standard InChI is InChI=1S/C32H38F2N8O4/c1-19-16-41(17-25(35)30(19)40(2)32(43)44-3)28-6-9-36-15-27(28)38-31-37-14-21-4-5-26(39-42(21)31)29-23(33)12-20(13-24(29)34)18-46-22-7-10-45-11-8-22/h4-6,9,12-15,19,22,25,30H,7-8,10-11,16-18,35H2,1-3H3,(H,37,38). The highest BCUT2D eigenvalue weighted by atomic mass is 19.1. The van der Waals surface area contributed by atoms with E-state index in [1.165, 1.54) is 23.8 Å². The molecule has 0 saturated carbocycles. The number of pyridine rings is 1. The summed E-state index contributed by atoms with van der Waals surface area (Å²) < 4.78 is 48.3. The van der Waals surface area contributed by atoms with Crippen molar-refractivity contribution in [1.29, 1.82) is 0 Å². The molecule has 6 rings (SSSR count). The summed E-state index contributed by atoms with van der Waals surface area (Å²) in [6.45, 7) is 4.50. The summed E-state index contributed by atoms with van der Waals surface area (Å²) >= 11 is 0. The number of carbonyl (C=O) groups excluding carboxylic acids is 1. The molecular formula is C32H38F2N8O4. The van der Waals surface area contributed by atoms with Gasteiger partial charge in [0.25, 0.3) is 0 Å². The van der Waals surface area contributed by atoms with Gasteiger partial charge < -0.3 is 35.1 Å². The molecule has 14 heteroatoms. The number of likely N-dealkylation sites (N-methyl/N-ethyl adjacent to an activating group) is 1. The van der Waals surface area contributed by atoms with Crippen LogP contribution in [-0.2, 0) is 20.8 Å². The highest BCUT2D eigenvalue weighted by Gasteiger charge is 2.38. The third-order valence-corrected chi connectivity index (χ3v) is 8.65. The van der Waals surface area contributed by atoms with Crippen LogP contribution in [0.25, 0.3) is 16.8 Å². The minimum atomic E-state index is -0.728. The summed E-state index contributed by atoms with van der Waals surface area (Å²) in [5.74, 6) is -1.08. The number of carbonyl (C=O) groups is 1. The number of hydrogen-bond donors (Lipinski definition) is 2. The second kappa shape index (κ2) is 13.5. The first kappa shape index (κ1) is 31.6. The summed E-state index contributed by atoms with van der Waals surface area (Å²) in [6.07, 6.45) is 6.07. The maximum absolute atomic E-state index is 15.4. The summed E-state index contributed by atoms with van der Waals surface area (Å²) in [6, 6.07) is 7.18. The van der Waals surface area contributed by atoms with Gasteiger partial charge in [0.15, 0.2) is 0 Å².